The van der Waals surface area contributed by atoms with Gasteiger partial charge >= 0.3 is 5.97 Å². The molecule has 20 heavy (non-hydrogen) atoms. The van der Waals surface area contributed by atoms with Crippen LogP contribution in [0.1, 0.15) is 13.8 Å². The Kier molecular flexibility index (Phi) is 6.67. The van der Waals surface area contributed by atoms with Crippen LogP contribution in [0.25, 0.3) is 0 Å². The molecule has 0 aromatic heterocycles. The van der Waals surface area contributed by atoms with Crippen LogP contribution in [0, 0.1) is 5.92 Å². The molecule has 0 radical (unpaired) electrons. The molecule has 0 heterocycles. The third-order valence-corrected chi connectivity index (χ3v) is 3.42. The molecule has 0 spiro atoms. The maximum atomic E-state index is 11.9. The molecule has 2 N–H and O–H groups in total. The smallest absolute Gasteiger partial charge is 0.307 e. The van der Waals surface area contributed by atoms with E-state index in [0.717, 1.165) is 10.2 Å². The van der Waals surface area contributed by atoms with Gasteiger partial charge in [0, 0.05) is 16.7 Å². The number of benzene rings is 1. The molecule has 0 aliphatic rings. The quantitative estimate of drug-likeness (QED) is 0.798. The van der Waals surface area contributed by atoms with E-state index >= 15 is 0 Å². The molecule has 5 nitrogen and oxygen atoms in total. The number of rotatable bonds is 7. The van der Waals surface area contributed by atoms with Gasteiger partial charge in [0.2, 0.25) is 5.91 Å². The predicted molar refractivity (Wildman–Crippen MR) is 81.7 cm³/mol. The number of hydrogen-bond donors (Lipinski definition) is 2. The van der Waals surface area contributed by atoms with Crippen molar-refractivity contribution in [2.24, 2.45) is 5.92 Å². The number of nitrogens with zero attached hydrogens (tertiary/aromatic N) is 1. The zero-order valence-electron chi connectivity index (χ0n) is 11.6. The Bertz CT molecular complexity index is 462. The normalized spacial score (nSPS) is 12.2. The molecule has 1 amide bonds. The first-order valence-electron chi connectivity index (χ1n) is 6.43. The second kappa shape index (κ2) is 8.01. The Balaban J connectivity index is 2.50. The minimum atomic E-state index is -0.850. The van der Waals surface area contributed by atoms with Gasteiger partial charge < -0.3 is 10.4 Å². The monoisotopic (exact) mass is 342 g/mol. The van der Waals surface area contributed by atoms with E-state index < -0.39 is 11.9 Å². The standard InChI is InChI=1S/C14H19BrN2O3/c1-3-17(8-10(2)14(19)20)9-13(18)16-12-6-4-11(15)5-7-12/h4-7,10H,3,8-9H2,1-2H3,(H,16,18)(H,19,20). The number of nitrogens with one attached hydrogen (secondary N) is 1. The number of halogens is 1. The van der Waals surface area contributed by atoms with Crippen LogP contribution in [-0.4, -0.2) is 41.5 Å². The molecule has 0 aliphatic heterocycles. The summed E-state index contributed by atoms with van der Waals surface area (Å²) in [5, 5.41) is 11.7. The fourth-order valence-electron chi connectivity index (χ4n) is 1.71. The zero-order chi connectivity index (χ0) is 15.1. The van der Waals surface area contributed by atoms with Gasteiger partial charge in [-0.2, -0.15) is 0 Å². The van der Waals surface area contributed by atoms with E-state index in [1.807, 2.05) is 24.0 Å². The molecule has 0 fully saturated rings. The van der Waals surface area contributed by atoms with Crippen molar-refractivity contribution < 1.29 is 14.7 Å². The molecule has 6 heteroatoms. The van der Waals surface area contributed by atoms with Gasteiger partial charge in [-0.25, -0.2) is 0 Å². The summed E-state index contributed by atoms with van der Waals surface area (Å²) in [4.78, 5) is 24.5. The molecule has 1 unspecified atom stereocenters. The molecule has 0 bridgehead atoms. The number of hydrogen-bond acceptors (Lipinski definition) is 3. The van der Waals surface area contributed by atoms with Crippen LogP contribution in [0.3, 0.4) is 0 Å². The fraction of sp³-hybridized carbons (Fsp3) is 0.429. The molecule has 110 valence electrons. The van der Waals surface area contributed by atoms with Crippen molar-refractivity contribution in [2.45, 2.75) is 13.8 Å². The summed E-state index contributed by atoms with van der Waals surface area (Å²) in [6.45, 7) is 4.72. The van der Waals surface area contributed by atoms with E-state index in [1.165, 1.54) is 0 Å². The summed E-state index contributed by atoms with van der Waals surface area (Å²) in [6, 6.07) is 7.30. The predicted octanol–water partition coefficient (Wildman–Crippen LogP) is 2.43. The zero-order valence-corrected chi connectivity index (χ0v) is 13.2. The average molecular weight is 343 g/mol. The number of carboxylic acids is 1. The first-order chi connectivity index (χ1) is 9.42. The fourth-order valence-corrected chi connectivity index (χ4v) is 1.97. The van der Waals surface area contributed by atoms with Crippen LogP contribution in [0.4, 0.5) is 5.69 Å². The van der Waals surface area contributed by atoms with Crippen molar-refractivity contribution >= 4 is 33.5 Å². The van der Waals surface area contributed by atoms with Crippen LogP contribution in [0.5, 0.6) is 0 Å². The molecule has 0 saturated carbocycles. The minimum absolute atomic E-state index is 0.147. The van der Waals surface area contributed by atoms with E-state index in [2.05, 4.69) is 21.2 Å². The number of likely N-dealkylation sites (N-methyl/N-ethyl adjacent to an activating group) is 1. The summed E-state index contributed by atoms with van der Waals surface area (Å²) >= 11 is 3.33. The van der Waals surface area contributed by atoms with Crippen molar-refractivity contribution in [1.29, 1.82) is 0 Å². The number of carbonyl (C=O) groups is 2. The second-order valence-electron chi connectivity index (χ2n) is 4.62. The number of carbonyl (C=O) groups excluding carboxylic acids is 1. The van der Waals surface area contributed by atoms with E-state index in [0.29, 0.717) is 13.1 Å². The largest absolute Gasteiger partial charge is 0.481 e. The Labute approximate surface area is 127 Å². The molecule has 1 aromatic carbocycles. The summed E-state index contributed by atoms with van der Waals surface area (Å²) in [7, 11) is 0. The molecule has 1 atom stereocenters. The lowest BCUT2D eigenvalue weighted by atomic mass is 10.1. The Morgan fingerprint density at radius 2 is 1.95 bits per heavy atom. The summed E-state index contributed by atoms with van der Waals surface area (Å²) in [5.41, 5.74) is 0.723. The topological polar surface area (TPSA) is 69.6 Å². The van der Waals surface area contributed by atoms with Gasteiger partial charge in [-0.1, -0.05) is 29.8 Å². The molecule has 0 aliphatic carbocycles. The lowest BCUT2D eigenvalue weighted by Crippen LogP contribution is -2.37. The van der Waals surface area contributed by atoms with Gasteiger partial charge in [-0.3, -0.25) is 14.5 Å². The van der Waals surface area contributed by atoms with Gasteiger partial charge in [-0.05, 0) is 30.8 Å². The van der Waals surface area contributed by atoms with Crippen LogP contribution >= 0.6 is 15.9 Å². The molecule has 1 aromatic rings. The van der Waals surface area contributed by atoms with Gasteiger partial charge in [0.25, 0.3) is 0 Å². The van der Waals surface area contributed by atoms with Crippen LogP contribution in [0.15, 0.2) is 28.7 Å². The number of anilines is 1. The Hall–Kier alpha value is -1.40. The maximum Gasteiger partial charge on any atom is 0.307 e. The summed E-state index contributed by atoms with van der Waals surface area (Å²) in [5.74, 6) is -1.49. The lowest BCUT2D eigenvalue weighted by Gasteiger charge is -2.21. The molecule has 1 rings (SSSR count). The third-order valence-electron chi connectivity index (χ3n) is 2.90. The Morgan fingerprint density at radius 1 is 1.35 bits per heavy atom. The second-order valence-corrected chi connectivity index (χ2v) is 5.54. The Morgan fingerprint density at radius 3 is 2.45 bits per heavy atom. The minimum Gasteiger partial charge on any atom is -0.481 e. The molecular formula is C14H19BrN2O3. The first kappa shape index (κ1) is 16.7. The van der Waals surface area contributed by atoms with E-state index in [1.54, 1.807) is 19.1 Å². The number of aliphatic carboxylic acids is 1. The van der Waals surface area contributed by atoms with Gasteiger partial charge in [-0.15, -0.1) is 0 Å². The van der Waals surface area contributed by atoms with Crippen molar-refractivity contribution in [3.63, 3.8) is 0 Å². The third kappa shape index (κ3) is 5.71. The highest BCUT2D eigenvalue weighted by molar-refractivity contribution is 9.10. The molecule has 0 saturated heterocycles. The highest BCUT2D eigenvalue weighted by Crippen LogP contribution is 2.14. The molecular weight excluding hydrogens is 324 g/mol. The van der Waals surface area contributed by atoms with E-state index in [-0.39, 0.29) is 12.5 Å². The SMILES string of the molecule is CCN(CC(=O)Nc1ccc(Br)cc1)CC(C)C(=O)O. The van der Waals surface area contributed by atoms with E-state index in [4.69, 9.17) is 5.11 Å². The highest BCUT2D eigenvalue weighted by atomic mass is 79.9. The van der Waals surface area contributed by atoms with Crippen molar-refractivity contribution in [3.8, 4) is 0 Å². The summed E-state index contributed by atoms with van der Waals surface area (Å²) < 4.78 is 0.945. The van der Waals surface area contributed by atoms with Crippen LogP contribution in [-0.2, 0) is 9.59 Å². The highest BCUT2D eigenvalue weighted by Gasteiger charge is 2.17. The van der Waals surface area contributed by atoms with Gasteiger partial charge in [0.1, 0.15) is 0 Å². The maximum absolute atomic E-state index is 11.9. The van der Waals surface area contributed by atoms with Gasteiger partial charge in [0.15, 0.2) is 0 Å². The number of amides is 1. The van der Waals surface area contributed by atoms with Crippen molar-refractivity contribution in [1.82, 2.24) is 4.90 Å². The number of carboxylic acid groups (broad SMARTS) is 1. The average Bonchev–Trinajstić information content (AvgIpc) is 2.40. The van der Waals surface area contributed by atoms with Crippen LogP contribution < -0.4 is 5.32 Å². The lowest BCUT2D eigenvalue weighted by molar-refractivity contribution is -0.142. The van der Waals surface area contributed by atoms with Gasteiger partial charge in [0.05, 0.1) is 12.5 Å². The van der Waals surface area contributed by atoms with E-state index in [9.17, 15) is 9.59 Å². The first-order valence-corrected chi connectivity index (χ1v) is 7.22. The van der Waals surface area contributed by atoms with Crippen molar-refractivity contribution in [2.75, 3.05) is 25.0 Å². The van der Waals surface area contributed by atoms with Crippen molar-refractivity contribution in [3.05, 3.63) is 28.7 Å². The van der Waals surface area contributed by atoms with Crippen LogP contribution in [0.2, 0.25) is 0 Å². The summed E-state index contributed by atoms with van der Waals surface area (Å²) in [6.07, 6.45) is 0.